The zero-order valence-electron chi connectivity index (χ0n) is 9.36. The molecule has 0 aromatic carbocycles. The first-order valence-corrected chi connectivity index (χ1v) is 6.23. The largest absolute Gasteiger partial charge is 0.461 e. The van der Waals surface area contributed by atoms with E-state index in [1.807, 2.05) is 0 Å². The molecule has 1 atom stereocenters. The molecule has 17 heavy (non-hydrogen) atoms. The number of carbonyl (C=O) groups is 2. The molecule has 1 saturated heterocycles. The molecule has 0 aliphatic carbocycles. The molecule has 0 bridgehead atoms. The number of thiazole rings is 1. The van der Waals surface area contributed by atoms with Crippen molar-refractivity contribution in [2.75, 3.05) is 18.5 Å². The number of nitrogens with one attached hydrogen (secondary N) is 2. The van der Waals surface area contributed by atoms with Gasteiger partial charge in [-0.25, -0.2) is 9.78 Å². The Balaban J connectivity index is 1.94. The number of ether oxygens (including phenoxy) is 1. The number of aromatic nitrogens is 1. The van der Waals surface area contributed by atoms with Crippen molar-refractivity contribution < 1.29 is 14.3 Å². The standard InChI is InChI=1S/C10H13N3O3S/c1-2-16-9(15)7-5-17-10(13-7)12-6-3-8(14)11-4-6/h5-6H,2-4H2,1H3,(H,11,14)(H,12,13). The molecule has 2 rings (SSSR count). The number of rotatable bonds is 4. The number of hydrogen-bond donors (Lipinski definition) is 2. The molecule has 6 nitrogen and oxygen atoms in total. The molecule has 2 N–H and O–H groups in total. The maximum atomic E-state index is 11.4. The van der Waals surface area contributed by atoms with E-state index >= 15 is 0 Å². The smallest absolute Gasteiger partial charge is 0.357 e. The fourth-order valence-electron chi connectivity index (χ4n) is 1.52. The molecule has 1 aromatic rings. The molecule has 7 heteroatoms. The van der Waals surface area contributed by atoms with Crippen LogP contribution >= 0.6 is 11.3 Å². The third-order valence-corrected chi connectivity index (χ3v) is 3.07. The van der Waals surface area contributed by atoms with Gasteiger partial charge in [0, 0.05) is 18.3 Å². The van der Waals surface area contributed by atoms with Crippen LogP contribution in [0.1, 0.15) is 23.8 Å². The van der Waals surface area contributed by atoms with Crippen LogP contribution in [-0.4, -0.2) is 36.1 Å². The molecule has 1 amide bonds. The summed E-state index contributed by atoms with van der Waals surface area (Å²) in [6, 6.07) is 0.0451. The summed E-state index contributed by atoms with van der Waals surface area (Å²) in [7, 11) is 0. The SMILES string of the molecule is CCOC(=O)c1csc(NC2CNC(=O)C2)n1. The van der Waals surface area contributed by atoms with Crippen molar-refractivity contribution in [3.63, 3.8) is 0 Å². The Kier molecular flexibility index (Phi) is 3.58. The van der Waals surface area contributed by atoms with Gasteiger partial charge < -0.3 is 15.4 Å². The van der Waals surface area contributed by atoms with Crippen molar-refractivity contribution in [2.45, 2.75) is 19.4 Å². The minimum atomic E-state index is -0.419. The number of esters is 1. The Morgan fingerprint density at radius 3 is 3.24 bits per heavy atom. The number of carbonyl (C=O) groups excluding carboxylic acids is 2. The fourth-order valence-corrected chi connectivity index (χ4v) is 2.28. The van der Waals surface area contributed by atoms with Crippen molar-refractivity contribution in [3.8, 4) is 0 Å². The fraction of sp³-hybridized carbons (Fsp3) is 0.500. The van der Waals surface area contributed by atoms with Crippen LogP contribution in [-0.2, 0) is 9.53 Å². The van der Waals surface area contributed by atoms with Gasteiger partial charge in [0.15, 0.2) is 10.8 Å². The first-order valence-electron chi connectivity index (χ1n) is 5.35. The summed E-state index contributed by atoms with van der Waals surface area (Å²) in [4.78, 5) is 26.5. The minimum Gasteiger partial charge on any atom is -0.461 e. The zero-order chi connectivity index (χ0) is 12.3. The van der Waals surface area contributed by atoms with Crippen LogP contribution in [0.2, 0.25) is 0 Å². The second kappa shape index (κ2) is 5.13. The van der Waals surface area contributed by atoms with Gasteiger partial charge in [-0.1, -0.05) is 0 Å². The third-order valence-electron chi connectivity index (χ3n) is 2.29. The maximum Gasteiger partial charge on any atom is 0.357 e. The molecule has 1 unspecified atom stereocenters. The van der Waals surface area contributed by atoms with E-state index in [0.717, 1.165) is 0 Å². The Morgan fingerprint density at radius 2 is 2.59 bits per heavy atom. The summed E-state index contributed by atoms with van der Waals surface area (Å²) < 4.78 is 4.84. The van der Waals surface area contributed by atoms with Gasteiger partial charge in [0.25, 0.3) is 0 Å². The summed E-state index contributed by atoms with van der Waals surface area (Å²) in [5.41, 5.74) is 0.302. The predicted octanol–water partition coefficient (Wildman–Crippen LogP) is 0.620. The summed E-state index contributed by atoms with van der Waals surface area (Å²) >= 11 is 1.33. The molecular formula is C10H13N3O3S. The van der Waals surface area contributed by atoms with Gasteiger partial charge in [0.2, 0.25) is 5.91 Å². The molecule has 0 radical (unpaired) electrons. The van der Waals surface area contributed by atoms with Crippen LogP contribution in [0.3, 0.4) is 0 Å². The predicted molar refractivity (Wildman–Crippen MR) is 63.1 cm³/mol. The number of nitrogens with zero attached hydrogens (tertiary/aromatic N) is 1. The van der Waals surface area contributed by atoms with Crippen LogP contribution < -0.4 is 10.6 Å². The van der Waals surface area contributed by atoms with Crippen molar-refractivity contribution in [2.24, 2.45) is 0 Å². The van der Waals surface area contributed by atoms with E-state index < -0.39 is 5.97 Å². The van der Waals surface area contributed by atoms with Gasteiger partial charge in [-0.3, -0.25) is 4.79 Å². The summed E-state index contributed by atoms with van der Waals surface area (Å²) in [6.45, 7) is 2.67. The third kappa shape index (κ3) is 2.94. The molecule has 0 saturated carbocycles. The van der Waals surface area contributed by atoms with Crippen LogP contribution in [0.4, 0.5) is 5.13 Å². The van der Waals surface area contributed by atoms with Crippen LogP contribution in [0.15, 0.2) is 5.38 Å². The highest BCUT2D eigenvalue weighted by molar-refractivity contribution is 7.13. The average molecular weight is 255 g/mol. The lowest BCUT2D eigenvalue weighted by atomic mass is 10.3. The lowest BCUT2D eigenvalue weighted by molar-refractivity contribution is -0.119. The van der Waals surface area contributed by atoms with E-state index in [0.29, 0.717) is 30.4 Å². The highest BCUT2D eigenvalue weighted by atomic mass is 32.1. The normalized spacial score (nSPS) is 18.9. The van der Waals surface area contributed by atoms with E-state index in [4.69, 9.17) is 4.74 Å². The molecule has 1 aromatic heterocycles. The molecule has 0 spiro atoms. The van der Waals surface area contributed by atoms with Crippen molar-refractivity contribution in [1.29, 1.82) is 0 Å². The molecule has 1 aliphatic rings. The zero-order valence-corrected chi connectivity index (χ0v) is 10.2. The van der Waals surface area contributed by atoms with Crippen molar-refractivity contribution in [3.05, 3.63) is 11.1 Å². The molecular weight excluding hydrogens is 242 g/mol. The van der Waals surface area contributed by atoms with E-state index in [1.54, 1.807) is 12.3 Å². The second-order valence-corrected chi connectivity index (χ2v) is 4.47. The quantitative estimate of drug-likeness (QED) is 0.771. The lowest BCUT2D eigenvalue weighted by Crippen LogP contribution is -2.22. The average Bonchev–Trinajstić information content (AvgIpc) is 2.89. The summed E-state index contributed by atoms with van der Waals surface area (Å²) in [5.74, 6) is -0.387. The van der Waals surface area contributed by atoms with E-state index in [2.05, 4.69) is 15.6 Å². The second-order valence-electron chi connectivity index (χ2n) is 3.61. The van der Waals surface area contributed by atoms with Crippen molar-refractivity contribution in [1.82, 2.24) is 10.3 Å². The summed E-state index contributed by atoms with van der Waals surface area (Å²) in [6.07, 6.45) is 0.439. The monoisotopic (exact) mass is 255 g/mol. The number of anilines is 1. The molecule has 2 heterocycles. The van der Waals surface area contributed by atoms with E-state index in [1.165, 1.54) is 11.3 Å². The maximum absolute atomic E-state index is 11.4. The highest BCUT2D eigenvalue weighted by Gasteiger charge is 2.22. The van der Waals surface area contributed by atoms with Crippen LogP contribution in [0.5, 0.6) is 0 Å². The van der Waals surface area contributed by atoms with Crippen molar-refractivity contribution >= 4 is 28.3 Å². The minimum absolute atomic E-state index is 0.0321. The molecule has 92 valence electrons. The van der Waals surface area contributed by atoms with Gasteiger partial charge in [0.05, 0.1) is 12.6 Å². The first kappa shape index (κ1) is 11.8. The van der Waals surface area contributed by atoms with Gasteiger partial charge >= 0.3 is 5.97 Å². The van der Waals surface area contributed by atoms with Gasteiger partial charge in [-0.15, -0.1) is 11.3 Å². The number of hydrogen-bond acceptors (Lipinski definition) is 6. The topological polar surface area (TPSA) is 80.3 Å². The Bertz CT molecular complexity index is 432. The lowest BCUT2D eigenvalue weighted by Gasteiger charge is -2.07. The summed E-state index contributed by atoms with van der Waals surface area (Å²) in [5, 5.41) is 8.11. The Morgan fingerprint density at radius 1 is 1.76 bits per heavy atom. The Labute approximate surface area is 102 Å². The molecule has 1 fully saturated rings. The van der Waals surface area contributed by atoms with Crippen LogP contribution in [0, 0.1) is 0 Å². The Hall–Kier alpha value is -1.63. The van der Waals surface area contributed by atoms with Gasteiger partial charge in [-0.2, -0.15) is 0 Å². The molecule has 1 aliphatic heterocycles. The number of amides is 1. The van der Waals surface area contributed by atoms with E-state index in [-0.39, 0.29) is 11.9 Å². The van der Waals surface area contributed by atoms with E-state index in [9.17, 15) is 9.59 Å². The first-order chi connectivity index (χ1) is 8.19. The van der Waals surface area contributed by atoms with Crippen LogP contribution in [0.25, 0.3) is 0 Å². The van der Waals surface area contributed by atoms with Gasteiger partial charge in [0.1, 0.15) is 0 Å². The van der Waals surface area contributed by atoms with Gasteiger partial charge in [-0.05, 0) is 6.92 Å². The highest BCUT2D eigenvalue weighted by Crippen LogP contribution is 2.18.